The molecule has 0 spiro atoms. The van der Waals surface area contributed by atoms with E-state index in [9.17, 15) is 18.4 Å². The summed E-state index contributed by atoms with van der Waals surface area (Å²) < 4.78 is 31.7. The van der Waals surface area contributed by atoms with Gasteiger partial charge in [0, 0.05) is 38.0 Å². The van der Waals surface area contributed by atoms with Gasteiger partial charge in [-0.05, 0) is 45.7 Å². The fourth-order valence-electron chi connectivity index (χ4n) is 4.32. The van der Waals surface area contributed by atoms with E-state index in [0.29, 0.717) is 25.7 Å². The van der Waals surface area contributed by atoms with Crippen molar-refractivity contribution < 1.29 is 23.1 Å². The van der Waals surface area contributed by atoms with Crippen LogP contribution in [0.5, 0.6) is 0 Å². The minimum atomic E-state index is -2.72. The zero-order valence-corrected chi connectivity index (χ0v) is 15.5. The number of carbonyl (C=O) groups excluding carboxylic acids is 2. The molecule has 0 unspecified atom stereocenters. The van der Waals surface area contributed by atoms with Crippen LogP contribution in [0, 0.1) is 5.92 Å². The molecule has 26 heavy (non-hydrogen) atoms. The molecule has 2 amide bonds. The maximum atomic E-state index is 13.3. The van der Waals surface area contributed by atoms with Crippen molar-refractivity contribution in [1.29, 1.82) is 0 Å². The molecule has 0 radical (unpaired) electrons. The van der Waals surface area contributed by atoms with Crippen LogP contribution in [0.3, 0.4) is 0 Å². The number of carbonyl (C=O) groups is 2. The third-order valence-electron chi connectivity index (χ3n) is 5.87. The molecule has 3 saturated heterocycles. The van der Waals surface area contributed by atoms with Crippen LogP contribution in [-0.4, -0.2) is 84.5 Å². The average Bonchev–Trinajstić information content (AvgIpc) is 3.01. The Labute approximate surface area is 153 Å². The molecule has 3 aliphatic rings. The van der Waals surface area contributed by atoms with E-state index in [0.717, 1.165) is 38.8 Å². The van der Waals surface area contributed by atoms with E-state index in [4.69, 9.17) is 4.74 Å². The normalized spacial score (nSPS) is 25.5. The summed E-state index contributed by atoms with van der Waals surface area (Å²) in [7, 11) is 0. The topological polar surface area (TPSA) is 53.1 Å². The second-order valence-electron chi connectivity index (χ2n) is 7.59. The van der Waals surface area contributed by atoms with Crippen molar-refractivity contribution in [2.24, 2.45) is 5.92 Å². The van der Waals surface area contributed by atoms with Gasteiger partial charge in [-0.2, -0.15) is 0 Å². The molecule has 0 aromatic carbocycles. The van der Waals surface area contributed by atoms with Gasteiger partial charge in [0.05, 0.1) is 13.2 Å². The first-order valence-corrected chi connectivity index (χ1v) is 9.72. The van der Waals surface area contributed by atoms with Gasteiger partial charge < -0.3 is 19.4 Å². The molecule has 0 aromatic heterocycles. The summed E-state index contributed by atoms with van der Waals surface area (Å²) >= 11 is 0. The van der Waals surface area contributed by atoms with Crippen LogP contribution in [0.4, 0.5) is 13.6 Å². The van der Waals surface area contributed by atoms with E-state index < -0.39 is 12.5 Å². The van der Waals surface area contributed by atoms with E-state index in [2.05, 4.69) is 4.90 Å². The van der Waals surface area contributed by atoms with Crippen LogP contribution in [0.1, 0.15) is 39.0 Å². The van der Waals surface area contributed by atoms with E-state index >= 15 is 0 Å². The number of likely N-dealkylation sites (tertiary alicyclic amines) is 3. The number of amides is 2. The van der Waals surface area contributed by atoms with Crippen molar-refractivity contribution in [3.8, 4) is 0 Å². The molecule has 3 fully saturated rings. The minimum Gasteiger partial charge on any atom is -0.450 e. The first kappa shape index (κ1) is 19.3. The van der Waals surface area contributed by atoms with Crippen LogP contribution in [0.2, 0.25) is 0 Å². The number of hydrogen-bond acceptors (Lipinski definition) is 4. The summed E-state index contributed by atoms with van der Waals surface area (Å²) in [5, 5.41) is 0. The third kappa shape index (κ3) is 4.45. The molecule has 148 valence electrons. The van der Waals surface area contributed by atoms with Gasteiger partial charge in [0.15, 0.2) is 0 Å². The lowest BCUT2D eigenvalue weighted by atomic mass is 9.92. The Morgan fingerprint density at radius 1 is 1.00 bits per heavy atom. The molecule has 6 nitrogen and oxygen atoms in total. The average molecular weight is 373 g/mol. The summed E-state index contributed by atoms with van der Waals surface area (Å²) in [6.07, 6.45) is 2.85. The summed E-state index contributed by atoms with van der Waals surface area (Å²) in [6, 6.07) is 0.424. The highest BCUT2D eigenvalue weighted by Gasteiger charge is 2.42. The molecule has 0 bridgehead atoms. The van der Waals surface area contributed by atoms with Crippen LogP contribution >= 0.6 is 0 Å². The van der Waals surface area contributed by atoms with Crippen molar-refractivity contribution in [2.45, 2.75) is 51.0 Å². The second kappa shape index (κ2) is 8.06. The number of piperidine rings is 2. The van der Waals surface area contributed by atoms with Crippen molar-refractivity contribution in [3.05, 3.63) is 0 Å². The van der Waals surface area contributed by atoms with Gasteiger partial charge in [0.1, 0.15) is 0 Å². The van der Waals surface area contributed by atoms with Crippen LogP contribution < -0.4 is 0 Å². The predicted octanol–water partition coefficient (Wildman–Crippen LogP) is 2.19. The van der Waals surface area contributed by atoms with Gasteiger partial charge in [-0.3, -0.25) is 4.79 Å². The van der Waals surface area contributed by atoms with E-state index in [1.54, 1.807) is 11.8 Å². The molecule has 3 aliphatic heterocycles. The molecule has 8 heteroatoms. The lowest BCUT2D eigenvalue weighted by Gasteiger charge is -2.41. The van der Waals surface area contributed by atoms with Gasteiger partial charge >= 0.3 is 6.09 Å². The maximum Gasteiger partial charge on any atom is 0.409 e. The standard InChI is InChI=1S/C18H29F2N3O3/c1-2-26-17(25)22-10-5-15(6-11-22)21-8-3-14(4-9-21)16(24)23-12-7-18(19,20)13-23/h14-15H,2-13H2,1H3. The van der Waals surface area contributed by atoms with E-state index in [1.807, 2.05) is 0 Å². The summed E-state index contributed by atoms with van der Waals surface area (Å²) in [6.45, 7) is 5.01. The highest BCUT2D eigenvalue weighted by Crippen LogP contribution is 2.30. The van der Waals surface area contributed by atoms with Crippen molar-refractivity contribution in [2.75, 3.05) is 45.9 Å². The zero-order chi connectivity index (χ0) is 18.7. The number of hydrogen-bond donors (Lipinski definition) is 0. The van der Waals surface area contributed by atoms with E-state index in [-0.39, 0.29) is 30.9 Å². The van der Waals surface area contributed by atoms with Crippen LogP contribution in [0.25, 0.3) is 0 Å². The van der Waals surface area contributed by atoms with Crippen LogP contribution in [-0.2, 0) is 9.53 Å². The zero-order valence-electron chi connectivity index (χ0n) is 15.5. The quantitative estimate of drug-likeness (QED) is 0.761. The molecular formula is C18H29F2N3O3. The van der Waals surface area contributed by atoms with Crippen molar-refractivity contribution >= 4 is 12.0 Å². The molecule has 3 heterocycles. The van der Waals surface area contributed by atoms with Gasteiger partial charge in [0.25, 0.3) is 5.92 Å². The Morgan fingerprint density at radius 3 is 2.19 bits per heavy atom. The highest BCUT2D eigenvalue weighted by molar-refractivity contribution is 5.79. The molecule has 0 aromatic rings. The fourth-order valence-corrected chi connectivity index (χ4v) is 4.32. The Bertz CT molecular complexity index is 516. The molecule has 3 rings (SSSR count). The number of alkyl halides is 2. The first-order chi connectivity index (χ1) is 12.4. The van der Waals surface area contributed by atoms with Crippen LogP contribution in [0.15, 0.2) is 0 Å². The summed E-state index contributed by atoms with van der Waals surface area (Å²) in [5.41, 5.74) is 0. The lowest BCUT2D eigenvalue weighted by molar-refractivity contribution is -0.137. The van der Waals surface area contributed by atoms with Crippen molar-refractivity contribution in [1.82, 2.24) is 14.7 Å². The summed E-state index contributed by atoms with van der Waals surface area (Å²) in [4.78, 5) is 29.7. The van der Waals surface area contributed by atoms with Crippen molar-refractivity contribution in [3.63, 3.8) is 0 Å². The Kier molecular flexibility index (Phi) is 5.99. The number of halogens is 2. The second-order valence-corrected chi connectivity index (χ2v) is 7.59. The monoisotopic (exact) mass is 373 g/mol. The highest BCUT2D eigenvalue weighted by atomic mass is 19.3. The predicted molar refractivity (Wildman–Crippen MR) is 92.1 cm³/mol. The fraction of sp³-hybridized carbons (Fsp3) is 0.889. The Morgan fingerprint density at radius 2 is 1.65 bits per heavy atom. The Balaban J connectivity index is 1.42. The SMILES string of the molecule is CCOC(=O)N1CCC(N2CCC(C(=O)N3CCC(F)(F)C3)CC2)CC1. The van der Waals surface area contributed by atoms with Gasteiger partial charge in [-0.25, -0.2) is 13.6 Å². The minimum absolute atomic E-state index is 0.0982. The third-order valence-corrected chi connectivity index (χ3v) is 5.87. The van der Waals surface area contributed by atoms with Gasteiger partial charge in [-0.15, -0.1) is 0 Å². The smallest absolute Gasteiger partial charge is 0.409 e. The first-order valence-electron chi connectivity index (χ1n) is 9.72. The summed E-state index contributed by atoms with van der Waals surface area (Å²) in [5.74, 6) is -2.94. The Hall–Kier alpha value is -1.44. The lowest BCUT2D eigenvalue weighted by Crippen LogP contribution is -2.50. The maximum absolute atomic E-state index is 13.3. The van der Waals surface area contributed by atoms with E-state index in [1.165, 1.54) is 4.90 Å². The number of ether oxygens (including phenoxy) is 1. The van der Waals surface area contributed by atoms with Gasteiger partial charge in [-0.1, -0.05) is 0 Å². The number of rotatable bonds is 3. The largest absolute Gasteiger partial charge is 0.450 e. The molecular weight excluding hydrogens is 344 g/mol. The molecule has 0 N–H and O–H groups in total. The molecule has 0 aliphatic carbocycles. The molecule has 0 atom stereocenters. The molecule has 0 saturated carbocycles. The number of nitrogens with zero attached hydrogens (tertiary/aromatic N) is 3. The van der Waals surface area contributed by atoms with Gasteiger partial charge in [0.2, 0.25) is 5.91 Å².